The summed E-state index contributed by atoms with van der Waals surface area (Å²) in [6.45, 7) is 0. The first kappa shape index (κ1) is 37.3. The molecule has 1 aliphatic rings. The summed E-state index contributed by atoms with van der Waals surface area (Å²) in [6, 6.07) is 91.1. The highest BCUT2D eigenvalue weighted by Crippen LogP contribution is 2.57. The summed E-state index contributed by atoms with van der Waals surface area (Å²) in [5, 5.41) is 12.7. The average Bonchev–Trinajstić information content (AvgIpc) is 3.92. The third-order valence-electron chi connectivity index (χ3n) is 14.5. The van der Waals surface area contributed by atoms with E-state index in [2.05, 4.69) is 243 Å². The molecule has 0 radical (unpaired) electrons. The Morgan fingerprint density at radius 3 is 1.41 bits per heavy atom. The molecule has 0 unspecified atom stereocenters. The lowest BCUT2D eigenvalue weighted by molar-refractivity contribution is 0.769. The second-order valence-corrected chi connectivity index (χ2v) is 18.9. The molecule has 1 heteroatoms. The first-order chi connectivity index (χ1) is 32.7. The molecule has 0 aliphatic heterocycles. The van der Waals surface area contributed by atoms with Crippen LogP contribution in [0.5, 0.6) is 0 Å². The lowest BCUT2D eigenvalue weighted by Gasteiger charge is -2.34. The Kier molecular flexibility index (Phi) is 8.17. The Morgan fingerprint density at radius 2 is 0.758 bits per heavy atom. The smallest absolute Gasteiger partial charge is 0.0713 e. The number of benzene rings is 12. The molecular weight excluding hydrogens is 813 g/mol. The zero-order chi connectivity index (χ0) is 43.3. The lowest BCUT2D eigenvalue weighted by Crippen LogP contribution is -2.28. The minimum Gasteiger partial charge on any atom is -0.135 e. The van der Waals surface area contributed by atoms with Crippen LogP contribution in [0.2, 0.25) is 0 Å². The zero-order valence-electron chi connectivity index (χ0n) is 36.0. The number of hydrogen-bond donors (Lipinski definition) is 0. The van der Waals surface area contributed by atoms with E-state index in [9.17, 15) is 0 Å². The topological polar surface area (TPSA) is 0 Å². The monoisotopic (exact) mass is 852 g/mol. The fourth-order valence-corrected chi connectivity index (χ4v) is 12.8. The maximum absolute atomic E-state index is 2.50. The van der Waals surface area contributed by atoms with Crippen LogP contribution in [-0.2, 0) is 5.41 Å². The minimum atomic E-state index is -0.493. The van der Waals surface area contributed by atoms with Crippen molar-refractivity contribution in [2.75, 3.05) is 0 Å². The number of thiophene rings is 1. The number of hydrogen-bond acceptors (Lipinski definition) is 1. The summed E-state index contributed by atoms with van der Waals surface area (Å²) in [5.41, 5.74) is 14.7. The van der Waals surface area contributed by atoms with Gasteiger partial charge in [-0.05, 0) is 147 Å². The van der Waals surface area contributed by atoms with Crippen molar-refractivity contribution >= 4 is 74.6 Å². The van der Waals surface area contributed by atoms with E-state index in [1.165, 1.54) is 130 Å². The minimum absolute atomic E-state index is 0.493. The first-order valence-electron chi connectivity index (χ1n) is 22.9. The van der Waals surface area contributed by atoms with Crippen molar-refractivity contribution < 1.29 is 0 Å². The Labute approximate surface area is 387 Å². The third-order valence-corrected chi connectivity index (χ3v) is 15.7. The highest BCUT2D eigenvalue weighted by molar-refractivity contribution is 7.26. The van der Waals surface area contributed by atoms with E-state index in [-0.39, 0.29) is 0 Å². The predicted octanol–water partition coefficient (Wildman–Crippen LogP) is 18.0. The quantitative estimate of drug-likeness (QED) is 0.151. The van der Waals surface area contributed by atoms with Gasteiger partial charge in [0.05, 0.1) is 5.41 Å². The Balaban J connectivity index is 1.06. The maximum atomic E-state index is 2.50. The molecule has 0 atom stereocenters. The normalized spacial score (nSPS) is 13.0. The van der Waals surface area contributed by atoms with Crippen LogP contribution in [0.15, 0.2) is 243 Å². The number of fused-ring (bicyclic) bond motifs is 12. The molecule has 13 aromatic rings. The van der Waals surface area contributed by atoms with Crippen molar-refractivity contribution in [2.24, 2.45) is 0 Å². The van der Waals surface area contributed by atoms with Gasteiger partial charge in [0.1, 0.15) is 0 Å². The maximum Gasteiger partial charge on any atom is 0.0713 e. The van der Waals surface area contributed by atoms with Gasteiger partial charge in [0.2, 0.25) is 0 Å². The van der Waals surface area contributed by atoms with E-state index in [1.807, 2.05) is 11.3 Å². The lowest BCUT2D eigenvalue weighted by atomic mass is 9.67. The zero-order valence-corrected chi connectivity index (χ0v) is 36.8. The summed E-state index contributed by atoms with van der Waals surface area (Å²) < 4.78 is 2.59. The predicted molar refractivity (Wildman–Crippen MR) is 283 cm³/mol. The Hall–Kier alpha value is -8.10. The van der Waals surface area contributed by atoms with Crippen LogP contribution in [0.4, 0.5) is 0 Å². The average molecular weight is 853 g/mol. The van der Waals surface area contributed by atoms with Crippen LogP contribution in [0.25, 0.3) is 108 Å². The molecular formula is C65H40S. The van der Waals surface area contributed by atoms with E-state index < -0.39 is 5.41 Å². The van der Waals surface area contributed by atoms with Crippen molar-refractivity contribution in [2.45, 2.75) is 5.41 Å². The summed E-state index contributed by atoms with van der Waals surface area (Å²) in [4.78, 5) is 0. The largest absolute Gasteiger partial charge is 0.135 e. The van der Waals surface area contributed by atoms with E-state index in [1.54, 1.807) is 0 Å². The van der Waals surface area contributed by atoms with Gasteiger partial charge >= 0.3 is 0 Å². The molecule has 0 fully saturated rings. The molecule has 0 nitrogen and oxygen atoms in total. The highest BCUT2D eigenvalue weighted by Gasteiger charge is 2.46. The van der Waals surface area contributed by atoms with Crippen molar-refractivity contribution in [1.82, 2.24) is 0 Å². The Morgan fingerprint density at radius 1 is 0.258 bits per heavy atom. The first-order valence-corrected chi connectivity index (χ1v) is 23.7. The standard InChI is InChI=1S/C65H40S/c1-2-20-46(21-3-1)65(61-31-14-12-29-54(61)55-30-13-15-32-62(55)65)47-22-16-19-41(35-47)58-39-45(57-37-43-18-5-7-24-49(43)51-26-9-11-28-53(51)57)40-60-59-38-44(33-34-63(59)66-64(58)60)56-36-42-17-4-6-23-48(42)50-25-8-10-27-52(50)56/h1-40H. The van der Waals surface area contributed by atoms with Gasteiger partial charge in [-0.2, -0.15) is 0 Å². The van der Waals surface area contributed by atoms with Crippen LogP contribution in [0.3, 0.4) is 0 Å². The van der Waals surface area contributed by atoms with Crippen LogP contribution in [0, 0.1) is 0 Å². The Bertz CT molecular complexity index is 4070. The molecule has 66 heavy (non-hydrogen) atoms. The molecule has 0 spiro atoms. The fourth-order valence-electron chi connectivity index (χ4n) is 11.6. The van der Waals surface area contributed by atoms with Crippen LogP contribution < -0.4 is 0 Å². The molecule has 0 saturated heterocycles. The molecule has 0 saturated carbocycles. The van der Waals surface area contributed by atoms with Crippen molar-refractivity contribution in [3.05, 3.63) is 265 Å². The van der Waals surface area contributed by atoms with Crippen LogP contribution in [0.1, 0.15) is 22.3 Å². The fraction of sp³-hybridized carbons (Fsp3) is 0.0154. The van der Waals surface area contributed by atoms with E-state index in [4.69, 9.17) is 0 Å². The van der Waals surface area contributed by atoms with E-state index >= 15 is 0 Å². The summed E-state index contributed by atoms with van der Waals surface area (Å²) in [6.07, 6.45) is 0. The van der Waals surface area contributed by atoms with Gasteiger partial charge in [-0.3, -0.25) is 0 Å². The van der Waals surface area contributed by atoms with Crippen molar-refractivity contribution in [3.63, 3.8) is 0 Å². The van der Waals surface area contributed by atoms with Crippen molar-refractivity contribution in [1.29, 1.82) is 0 Å². The summed E-state index contributed by atoms with van der Waals surface area (Å²) in [7, 11) is 0. The second kappa shape index (κ2) is 14.5. The SMILES string of the molecule is c1ccc(C2(c3cccc(-c4cc(-c5cc6ccccc6c6ccccc56)cc5c4sc4ccc(-c6cc7ccccc7c7ccccc67)cc45)c3)c3ccccc3-c3ccccc32)cc1. The summed E-state index contributed by atoms with van der Waals surface area (Å²) >= 11 is 1.91. The van der Waals surface area contributed by atoms with Gasteiger partial charge in [0.15, 0.2) is 0 Å². The second-order valence-electron chi connectivity index (χ2n) is 17.9. The van der Waals surface area contributed by atoms with Gasteiger partial charge < -0.3 is 0 Å². The molecule has 1 heterocycles. The molecule has 0 bridgehead atoms. The molecule has 1 aliphatic carbocycles. The van der Waals surface area contributed by atoms with Crippen molar-refractivity contribution in [3.8, 4) is 44.5 Å². The molecule has 0 N–H and O–H groups in total. The van der Waals surface area contributed by atoms with Gasteiger partial charge in [-0.1, -0.05) is 200 Å². The van der Waals surface area contributed by atoms with E-state index in [0.717, 1.165) is 0 Å². The van der Waals surface area contributed by atoms with E-state index in [0.29, 0.717) is 0 Å². The highest BCUT2D eigenvalue weighted by atomic mass is 32.1. The molecule has 12 aromatic carbocycles. The van der Waals surface area contributed by atoms with Gasteiger partial charge in [-0.25, -0.2) is 0 Å². The molecule has 0 amide bonds. The summed E-state index contributed by atoms with van der Waals surface area (Å²) in [5.74, 6) is 0. The van der Waals surface area contributed by atoms with Crippen LogP contribution in [-0.4, -0.2) is 0 Å². The third kappa shape index (κ3) is 5.38. The van der Waals surface area contributed by atoms with Gasteiger partial charge in [0.25, 0.3) is 0 Å². The molecule has 14 rings (SSSR count). The van der Waals surface area contributed by atoms with Crippen LogP contribution >= 0.6 is 11.3 Å². The van der Waals surface area contributed by atoms with Gasteiger partial charge in [-0.15, -0.1) is 11.3 Å². The number of rotatable bonds is 5. The molecule has 306 valence electrons. The molecule has 1 aromatic heterocycles. The van der Waals surface area contributed by atoms with Gasteiger partial charge in [0, 0.05) is 25.7 Å².